The predicted octanol–water partition coefficient (Wildman–Crippen LogP) is 5.00. The highest BCUT2D eigenvalue weighted by Crippen LogP contribution is 2.40. The summed E-state index contributed by atoms with van der Waals surface area (Å²) in [5.41, 5.74) is 2.14. The van der Waals surface area contributed by atoms with Gasteiger partial charge < -0.3 is 9.15 Å². The number of ether oxygens (including phenoxy) is 1. The molecule has 0 radical (unpaired) electrons. The van der Waals surface area contributed by atoms with Crippen LogP contribution in [0.25, 0.3) is 11.0 Å². The fourth-order valence-electron chi connectivity index (χ4n) is 3.92. The van der Waals surface area contributed by atoms with E-state index < -0.39 is 5.63 Å². The van der Waals surface area contributed by atoms with E-state index >= 15 is 0 Å². The number of fused-ring (bicyclic) bond motifs is 1. The molecular weight excluding hydrogens is 328 g/mol. The van der Waals surface area contributed by atoms with Gasteiger partial charge in [-0.3, -0.25) is 4.79 Å². The zero-order chi connectivity index (χ0) is 18.9. The average Bonchev–Trinajstić information content (AvgIpc) is 2.58. The number of hydrogen-bond donors (Lipinski definition) is 0. The molecule has 1 aliphatic rings. The lowest BCUT2D eigenvalue weighted by Gasteiger charge is -2.36. The molecule has 26 heavy (non-hydrogen) atoms. The maximum absolute atomic E-state index is 12.5. The number of hydrogen-bond acceptors (Lipinski definition) is 4. The molecule has 0 saturated heterocycles. The summed E-state index contributed by atoms with van der Waals surface area (Å²) in [6, 6.07) is 7.12. The average molecular weight is 356 g/mol. The number of carbonyl (C=O) groups is 1. The maximum Gasteiger partial charge on any atom is 0.336 e. The van der Waals surface area contributed by atoms with E-state index in [4.69, 9.17) is 9.15 Å². The molecule has 0 spiro atoms. The highest BCUT2D eigenvalue weighted by molar-refractivity contribution is 5.81. The van der Waals surface area contributed by atoms with Gasteiger partial charge in [0.2, 0.25) is 0 Å². The fraction of sp³-hybridized carbons (Fsp3) is 0.545. The van der Waals surface area contributed by atoms with Crippen molar-refractivity contribution in [2.45, 2.75) is 60.0 Å². The van der Waals surface area contributed by atoms with E-state index in [2.05, 4.69) is 20.8 Å². The van der Waals surface area contributed by atoms with Crippen molar-refractivity contribution in [2.75, 3.05) is 0 Å². The minimum Gasteiger partial charge on any atom is -0.461 e. The Bertz CT molecular complexity index is 849. The molecule has 1 aromatic carbocycles. The summed E-state index contributed by atoms with van der Waals surface area (Å²) < 4.78 is 10.8. The van der Waals surface area contributed by atoms with E-state index in [9.17, 15) is 9.59 Å². The molecule has 140 valence electrons. The van der Waals surface area contributed by atoms with Crippen molar-refractivity contribution in [1.29, 1.82) is 0 Å². The predicted molar refractivity (Wildman–Crippen MR) is 102 cm³/mol. The van der Waals surface area contributed by atoms with Gasteiger partial charge in [0.05, 0.1) is 5.92 Å². The summed E-state index contributed by atoms with van der Waals surface area (Å²) in [4.78, 5) is 24.3. The number of aryl methyl sites for hydroxylation is 1. The Kier molecular flexibility index (Phi) is 5.22. The van der Waals surface area contributed by atoms with Gasteiger partial charge in [0.1, 0.15) is 12.2 Å². The first kappa shape index (κ1) is 18.7. The highest BCUT2D eigenvalue weighted by Gasteiger charge is 2.33. The molecule has 1 aliphatic carbocycles. The number of carbonyl (C=O) groups excluding carboxylic acids is 1. The molecule has 0 N–H and O–H groups in total. The van der Waals surface area contributed by atoms with Gasteiger partial charge in [0.15, 0.2) is 0 Å². The van der Waals surface area contributed by atoms with Crippen LogP contribution in [-0.2, 0) is 16.1 Å². The van der Waals surface area contributed by atoms with Crippen molar-refractivity contribution in [1.82, 2.24) is 0 Å². The van der Waals surface area contributed by atoms with Crippen molar-refractivity contribution in [3.05, 3.63) is 45.8 Å². The lowest BCUT2D eigenvalue weighted by molar-refractivity contribution is -0.151. The van der Waals surface area contributed by atoms with E-state index in [1.165, 1.54) is 6.07 Å². The smallest absolute Gasteiger partial charge is 0.336 e. The van der Waals surface area contributed by atoms with Crippen LogP contribution in [-0.4, -0.2) is 5.97 Å². The van der Waals surface area contributed by atoms with Crippen LogP contribution < -0.4 is 5.63 Å². The van der Waals surface area contributed by atoms with E-state index in [0.29, 0.717) is 22.5 Å². The second kappa shape index (κ2) is 7.26. The molecule has 4 heteroatoms. The minimum absolute atomic E-state index is 0.0257. The van der Waals surface area contributed by atoms with Crippen LogP contribution in [0.3, 0.4) is 0 Å². The fourth-order valence-corrected chi connectivity index (χ4v) is 3.92. The van der Waals surface area contributed by atoms with Crippen LogP contribution in [0.5, 0.6) is 0 Å². The van der Waals surface area contributed by atoms with Gasteiger partial charge in [-0.25, -0.2) is 4.79 Å². The topological polar surface area (TPSA) is 56.5 Å². The molecule has 1 aromatic heterocycles. The number of rotatable bonds is 3. The van der Waals surface area contributed by atoms with Gasteiger partial charge in [-0.1, -0.05) is 32.9 Å². The Morgan fingerprint density at radius 3 is 2.50 bits per heavy atom. The molecule has 1 heterocycles. The molecule has 3 rings (SSSR count). The van der Waals surface area contributed by atoms with Crippen LogP contribution >= 0.6 is 0 Å². The third kappa shape index (κ3) is 4.17. The molecule has 0 amide bonds. The van der Waals surface area contributed by atoms with Crippen molar-refractivity contribution in [3.8, 4) is 0 Å². The Hall–Kier alpha value is -2.10. The zero-order valence-electron chi connectivity index (χ0n) is 16.1. The first-order valence-electron chi connectivity index (χ1n) is 9.44. The number of esters is 1. The summed E-state index contributed by atoms with van der Waals surface area (Å²) in [5.74, 6) is 0.491. The lowest BCUT2D eigenvalue weighted by atomic mass is 9.70. The van der Waals surface area contributed by atoms with Crippen molar-refractivity contribution < 1.29 is 13.9 Å². The van der Waals surface area contributed by atoms with Crippen molar-refractivity contribution in [3.63, 3.8) is 0 Å². The van der Waals surface area contributed by atoms with Crippen LogP contribution in [0.2, 0.25) is 0 Å². The van der Waals surface area contributed by atoms with Crippen molar-refractivity contribution in [2.24, 2.45) is 17.3 Å². The lowest BCUT2D eigenvalue weighted by Crippen LogP contribution is -2.29. The van der Waals surface area contributed by atoms with E-state index in [1.54, 1.807) is 0 Å². The summed E-state index contributed by atoms with van der Waals surface area (Å²) >= 11 is 0. The highest BCUT2D eigenvalue weighted by atomic mass is 16.5. The van der Waals surface area contributed by atoms with Gasteiger partial charge in [-0.2, -0.15) is 0 Å². The molecule has 0 atom stereocenters. The monoisotopic (exact) mass is 356 g/mol. The van der Waals surface area contributed by atoms with Gasteiger partial charge in [-0.05, 0) is 55.6 Å². The van der Waals surface area contributed by atoms with Crippen molar-refractivity contribution >= 4 is 16.9 Å². The Balaban J connectivity index is 1.66. The Morgan fingerprint density at radius 1 is 1.15 bits per heavy atom. The van der Waals surface area contributed by atoms with Crippen LogP contribution in [0.15, 0.2) is 33.5 Å². The Morgan fingerprint density at radius 2 is 1.85 bits per heavy atom. The van der Waals surface area contributed by atoms with Gasteiger partial charge in [-0.15, -0.1) is 0 Å². The molecule has 2 aromatic rings. The summed E-state index contributed by atoms with van der Waals surface area (Å²) in [6.07, 6.45) is 3.91. The normalized spacial score (nSPS) is 20.9. The van der Waals surface area contributed by atoms with Crippen LogP contribution in [0.1, 0.15) is 57.6 Å². The first-order valence-corrected chi connectivity index (χ1v) is 9.44. The second-order valence-corrected chi connectivity index (χ2v) is 8.61. The standard InChI is InChI=1S/C22H28O4/c1-14-5-10-18-16(12-20(23)26-19(18)11-14)13-25-21(24)15-6-8-17(9-7-15)22(2,3)4/h5,10-12,15,17H,6-9,13H2,1-4H3. The SMILES string of the molecule is Cc1ccc2c(COC(=O)C3CCC(C(C)(C)C)CC3)cc(=O)oc2c1. The molecule has 0 aliphatic heterocycles. The molecule has 0 bridgehead atoms. The Labute approximate surface area is 154 Å². The molecule has 1 saturated carbocycles. The summed E-state index contributed by atoms with van der Waals surface area (Å²) in [7, 11) is 0. The largest absolute Gasteiger partial charge is 0.461 e. The van der Waals surface area contributed by atoms with Gasteiger partial charge >= 0.3 is 11.6 Å². The molecule has 1 fully saturated rings. The minimum atomic E-state index is -0.417. The van der Waals surface area contributed by atoms with E-state index in [-0.39, 0.29) is 18.5 Å². The third-order valence-corrected chi connectivity index (χ3v) is 5.64. The second-order valence-electron chi connectivity index (χ2n) is 8.61. The third-order valence-electron chi connectivity index (χ3n) is 5.64. The summed E-state index contributed by atoms with van der Waals surface area (Å²) in [5, 5.41) is 0.819. The van der Waals surface area contributed by atoms with E-state index in [0.717, 1.165) is 36.6 Å². The first-order chi connectivity index (χ1) is 12.2. The van der Waals surface area contributed by atoms with Gasteiger partial charge in [0.25, 0.3) is 0 Å². The summed E-state index contributed by atoms with van der Waals surface area (Å²) in [6.45, 7) is 8.86. The molecule has 4 nitrogen and oxygen atoms in total. The van der Waals surface area contributed by atoms with Gasteiger partial charge in [0, 0.05) is 17.0 Å². The molecular formula is C22H28O4. The van der Waals surface area contributed by atoms with E-state index in [1.807, 2.05) is 25.1 Å². The number of benzene rings is 1. The molecule has 0 unspecified atom stereocenters. The maximum atomic E-state index is 12.5. The van der Waals surface area contributed by atoms with Crippen LogP contribution in [0.4, 0.5) is 0 Å². The van der Waals surface area contributed by atoms with Crippen LogP contribution in [0, 0.1) is 24.2 Å². The zero-order valence-corrected chi connectivity index (χ0v) is 16.1. The quantitative estimate of drug-likeness (QED) is 0.574.